The summed E-state index contributed by atoms with van der Waals surface area (Å²) in [6, 6.07) is 43.0. The fourth-order valence-corrected chi connectivity index (χ4v) is 4.93. The van der Waals surface area contributed by atoms with Crippen LogP contribution < -0.4 is 9.47 Å². The Morgan fingerprint density at radius 1 is 0.628 bits per heavy atom. The van der Waals surface area contributed by atoms with Gasteiger partial charge in [-0.2, -0.15) is 0 Å². The summed E-state index contributed by atoms with van der Waals surface area (Å²) in [5.41, 5.74) is 8.38. The summed E-state index contributed by atoms with van der Waals surface area (Å²) in [4.78, 5) is 10.9. The van der Waals surface area contributed by atoms with Gasteiger partial charge in [0, 0.05) is 5.57 Å². The monoisotopic (exact) mass is 570 g/mol. The topological polar surface area (TPSA) is 65.0 Å². The standard InChI is InChI=1S/C38H34O5/c1-3-41-36(25-42-34-22-23-35(27(2)24-34)43-26-37(39)40)38(32-18-14-30(15-19-32)28-10-6-4-7-11-28)33-20-16-31(17-21-33)29-12-8-5-9-13-29/h4-24H,3,25-26H2,1-2H3,(H,39,40). The summed E-state index contributed by atoms with van der Waals surface area (Å²) < 4.78 is 17.9. The molecule has 0 bridgehead atoms. The number of hydrogen-bond donors (Lipinski definition) is 1. The summed E-state index contributed by atoms with van der Waals surface area (Å²) in [5, 5.41) is 8.93. The van der Waals surface area contributed by atoms with E-state index in [0.29, 0.717) is 23.9 Å². The first kappa shape index (κ1) is 29.2. The normalized spacial score (nSPS) is 10.6. The maximum absolute atomic E-state index is 10.9. The summed E-state index contributed by atoms with van der Waals surface area (Å²) in [6.45, 7) is 4.12. The van der Waals surface area contributed by atoms with Crippen molar-refractivity contribution in [3.8, 4) is 33.8 Å². The highest BCUT2D eigenvalue weighted by Crippen LogP contribution is 2.32. The lowest BCUT2D eigenvalue weighted by atomic mass is 9.93. The smallest absolute Gasteiger partial charge is 0.341 e. The Morgan fingerprint density at radius 3 is 1.60 bits per heavy atom. The molecular weight excluding hydrogens is 536 g/mol. The van der Waals surface area contributed by atoms with Gasteiger partial charge < -0.3 is 19.3 Å². The predicted molar refractivity (Wildman–Crippen MR) is 171 cm³/mol. The first-order chi connectivity index (χ1) is 21.0. The Morgan fingerprint density at radius 2 is 1.14 bits per heavy atom. The molecule has 0 aliphatic rings. The molecular formula is C38H34O5. The Balaban J connectivity index is 1.50. The molecule has 0 aliphatic carbocycles. The number of aliphatic carboxylic acids is 1. The Bertz CT molecular complexity index is 1590. The molecule has 0 aliphatic heterocycles. The zero-order chi connectivity index (χ0) is 30.0. The van der Waals surface area contributed by atoms with Crippen molar-refractivity contribution in [2.24, 2.45) is 0 Å². The molecule has 0 amide bonds. The van der Waals surface area contributed by atoms with Crippen molar-refractivity contribution in [3.05, 3.63) is 150 Å². The third kappa shape index (κ3) is 7.52. The first-order valence-corrected chi connectivity index (χ1v) is 14.3. The van der Waals surface area contributed by atoms with E-state index >= 15 is 0 Å². The summed E-state index contributed by atoms with van der Waals surface area (Å²) in [6.07, 6.45) is 0. The van der Waals surface area contributed by atoms with Crippen LogP contribution in [0.4, 0.5) is 0 Å². The molecule has 5 aromatic carbocycles. The molecule has 5 aromatic rings. The first-order valence-electron chi connectivity index (χ1n) is 14.3. The molecule has 0 radical (unpaired) electrons. The lowest BCUT2D eigenvalue weighted by Gasteiger charge is -2.19. The average Bonchev–Trinajstić information content (AvgIpc) is 3.05. The molecule has 5 heteroatoms. The van der Waals surface area contributed by atoms with E-state index in [2.05, 4.69) is 72.8 Å². The van der Waals surface area contributed by atoms with Crippen LogP contribution >= 0.6 is 0 Å². The molecule has 0 fully saturated rings. The second-order valence-corrected chi connectivity index (χ2v) is 10.0. The lowest BCUT2D eigenvalue weighted by molar-refractivity contribution is -0.139. The molecule has 0 saturated carbocycles. The molecule has 5 rings (SSSR count). The van der Waals surface area contributed by atoms with Gasteiger partial charge >= 0.3 is 5.97 Å². The molecule has 216 valence electrons. The predicted octanol–water partition coefficient (Wildman–Crippen LogP) is 8.67. The molecule has 0 atom stereocenters. The van der Waals surface area contributed by atoms with Gasteiger partial charge in [0.05, 0.1) is 6.61 Å². The molecule has 0 aromatic heterocycles. The number of ether oxygens (including phenoxy) is 3. The van der Waals surface area contributed by atoms with E-state index in [9.17, 15) is 4.79 Å². The van der Waals surface area contributed by atoms with Gasteiger partial charge in [0.15, 0.2) is 6.61 Å². The van der Waals surface area contributed by atoms with Crippen LogP contribution in [0.25, 0.3) is 27.8 Å². The number of hydrogen-bond acceptors (Lipinski definition) is 4. The van der Waals surface area contributed by atoms with Crippen LogP contribution in [0.2, 0.25) is 0 Å². The average molecular weight is 571 g/mol. The van der Waals surface area contributed by atoms with Gasteiger partial charge in [-0.25, -0.2) is 4.79 Å². The third-order valence-electron chi connectivity index (χ3n) is 7.03. The summed E-state index contributed by atoms with van der Waals surface area (Å²) >= 11 is 0. The van der Waals surface area contributed by atoms with Crippen molar-refractivity contribution in [3.63, 3.8) is 0 Å². The molecule has 0 saturated heterocycles. The van der Waals surface area contributed by atoms with Crippen LogP contribution in [0.3, 0.4) is 0 Å². The van der Waals surface area contributed by atoms with Crippen LogP contribution in [-0.4, -0.2) is 30.9 Å². The van der Waals surface area contributed by atoms with E-state index in [4.69, 9.17) is 19.3 Å². The Hall–Kier alpha value is -5.29. The molecule has 0 spiro atoms. The number of rotatable bonds is 12. The van der Waals surface area contributed by atoms with Gasteiger partial charge in [-0.3, -0.25) is 0 Å². The maximum Gasteiger partial charge on any atom is 0.341 e. The Labute approximate surface area is 252 Å². The highest BCUT2D eigenvalue weighted by atomic mass is 16.5. The lowest BCUT2D eigenvalue weighted by Crippen LogP contribution is -2.11. The van der Waals surface area contributed by atoms with E-state index in [-0.39, 0.29) is 6.61 Å². The van der Waals surface area contributed by atoms with Crippen molar-refractivity contribution in [1.29, 1.82) is 0 Å². The highest BCUT2D eigenvalue weighted by molar-refractivity contribution is 5.83. The minimum absolute atomic E-state index is 0.207. The van der Waals surface area contributed by atoms with Crippen LogP contribution in [0, 0.1) is 6.92 Å². The van der Waals surface area contributed by atoms with Crippen molar-refractivity contribution in [2.75, 3.05) is 19.8 Å². The van der Waals surface area contributed by atoms with E-state index in [1.807, 2.05) is 56.3 Å². The number of carboxylic acid groups (broad SMARTS) is 1. The SMILES string of the molecule is CCOC(COc1ccc(OCC(=O)O)c(C)c1)=C(c1ccc(-c2ccccc2)cc1)c1ccc(-c2ccccc2)cc1. The van der Waals surface area contributed by atoms with E-state index < -0.39 is 12.6 Å². The molecule has 0 heterocycles. The van der Waals surface area contributed by atoms with Crippen LogP contribution in [0.5, 0.6) is 11.5 Å². The molecule has 1 N–H and O–H groups in total. The fourth-order valence-electron chi connectivity index (χ4n) is 4.93. The van der Waals surface area contributed by atoms with Crippen LogP contribution in [0.1, 0.15) is 23.6 Å². The number of carbonyl (C=O) groups is 1. The third-order valence-corrected chi connectivity index (χ3v) is 7.03. The van der Waals surface area contributed by atoms with E-state index in [1.54, 1.807) is 12.1 Å². The quantitative estimate of drug-likeness (QED) is 0.152. The van der Waals surface area contributed by atoms with Crippen LogP contribution in [-0.2, 0) is 9.53 Å². The van der Waals surface area contributed by atoms with Crippen molar-refractivity contribution < 1.29 is 24.1 Å². The zero-order valence-electron chi connectivity index (χ0n) is 24.3. The van der Waals surface area contributed by atoms with E-state index in [1.165, 1.54) is 0 Å². The largest absolute Gasteiger partial charge is 0.494 e. The minimum atomic E-state index is -1.02. The van der Waals surface area contributed by atoms with Crippen molar-refractivity contribution >= 4 is 11.5 Å². The maximum atomic E-state index is 10.9. The number of carboxylic acids is 1. The van der Waals surface area contributed by atoms with Crippen molar-refractivity contribution in [2.45, 2.75) is 13.8 Å². The fraction of sp³-hybridized carbons (Fsp3) is 0.132. The molecule has 5 nitrogen and oxygen atoms in total. The van der Waals surface area contributed by atoms with Gasteiger partial charge in [0.25, 0.3) is 0 Å². The zero-order valence-corrected chi connectivity index (χ0v) is 24.3. The van der Waals surface area contributed by atoms with Crippen LogP contribution in [0.15, 0.2) is 133 Å². The molecule has 43 heavy (non-hydrogen) atoms. The number of benzene rings is 5. The second-order valence-electron chi connectivity index (χ2n) is 10.0. The second kappa shape index (κ2) is 14.1. The highest BCUT2D eigenvalue weighted by Gasteiger charge is 2.16. The van der Waals surface area contributed by atoms with Crippen molar-refractivity contribution in [1.82, 2.24) is 0 Å². The van der Waals surface area contributed by atoms with Gasteiger partial charge in [0.1, 0.15) is 23.9 Å². The molecule has 0 unspecified atom stereocenters. The minimum Gasteiger partial charge on any atom is -0.494 e. The van der Waals surface area contributed by atoms with E-state index in [0.717, 1.165) is 44.5 Å². The van der Waals surface area contributed by atoms with Gasteiger partial charge in [-0.15, -0.1) is 0 Å². The van der Waals surface area contributed by atoms with Gasteiger partial charge in [0.2, 0.25) is 0 Å². The van der Waals surface area contributed by atoms with Gasteiger partial charge in [-0.05, 0) is 71.0 Å². The van der Waals surface area contributed by atoms with Gasteiger partial charge in [-0.1, -0.05) is 109 Å². The summed E-state index contributed by atoms with van der Waals surface area (Å²) in [7, 11) is 0. The number of aryl methyl sites for hydroxylation is 1. The summed E-state index contributed by atoms with van der Waals surface area (Å²) in [5.74, 6) is 0.835. The Kier molecular flexibility index (Phi) is 9.55.